The van der Waals surface area contributed by atoms with E-state index in [2.05, 4.69) is 13.8 Å². The van der Waals surface area contributed by atoms with Crippen molar-refractivity contribution in [3.05, 3.63) is 29.6 Å². The number of carbonyl (C=O) groups excluding carboxylic acids is 1. The van der Waals surface area contributed by atoms with E-state index in [-0.39, 0.29) is 11.7 Å². The first-order valence-electron chi connectivity index (χ1n) is 6.51. The first kappa shape index (κ1) is 14.7. The number of ether oxygens (including phenoxy) is 1. The van der Waals surface area contributed by atoms with Crippen LogP contribution in [-0.2, 0) is 0 Å². The van der Waals surface area contributed by atoms with E-state index in [9.17, 15) is 9.18 Å². The molecule has 0 saturated carbocycles. The van der Waals surface area contributed by atoms with Crippen LogP contribution in [0, 0.1) is 11.7 Å². The van der Waals surface area contributed by atoms with Crippen LogP contribution in [0.15, 0.2) is 18.2 Å². The third-order valence-electron chi connectivity index (χ3n) is 3.04. The predicted octanol–water partition coefficient (Wildman–Crippen LogP) is 4.23. The standard InChI is InChI=1S/C15H21FO2/c1-4-6-11(7-5-2)15(17)12-8-13(16)10-14(9-12)18-3/h8-11H,4-7H2,1-3H3. The lowest BCUT2D eigenvalue weighted by Gasteiger charge is -2.14. The van der Waals surface area contributed by atoms with Gasteiger partial charge in [-0.2, -0.15) is 0 Å². The van der Waals surface area contributed by atoms with Gasteiger partial charge in [0.2, 0.25) is 0 Å². The van der Waals surface area contributed by atoms with Crippen molar-refractivity contribution >= 4 is 5.78 Å². The molecule has 0 bridgehead atoms. The summed E-state index contributed by atoms with van der Waals surface area (Å²) < 4.78 is 18.4. The molecule has 2 nitrogen and oxygen atoms in total. The van der Waals surface area contributed by atoms with Crippen LogP contribution in [0.2, 0.25) is 0 Å². The van der Waals surface area contributed by atoms with Gasteiger partial charge in [-0.3, -0.25) is 4.79 Å². The van der Waals surface area contributed by atoms with Crippen molar-refractivity contribution in [3.63, 3.8) is 0 Å². The lowest BCUT2D eigenvalue weighted by atomic mass is 9.90. The molecule has 3 heteroatoms. The molecule has 0 amide bonds. The summed E-state index contributed by atoms with van der Waals surface area (Å²) in [6.45, 7) is 4.12. The molecule has 0 aliphatic rings. The van der Waals surface area contributed by atoms with E-state index in [0.717, 1.165) is 25.7 Å². The minimum atomic E-state index is -0.426. The minimum absolute atomic E-state index is 0.00786. The quantitative estimate of drug-likeness (QED) is 0.679. The predicted molar refractivity (Wildman–Crippen MR) is 70.6 cm³/mol. The van der Waals surface area contributed by atoms with E-state index >= 15 is 0 Å². The second-order valence-electron chi connectivity index (χ2n) is 4.52. The number of ketones is 1. The van der Waals surface area contributed by atoms with Crippen molar-refractivity contribution in [1.82, 2.24) is 0 Å². The number of rotatable bonds is 7. The molecule has 100 valence electrons. The van der Waals surface area contributed by atoms with Crippen LogP contribution in [0.25, 0.3) is 0 Å². The molecule has 1 aromatic rings. The maximum Gasteiger partial charge on any atom is 0.166 e. The Bertz CT molecular complexity index is 395. The van der Waals surface area contributed by atoms with Gasteiger partial charge in [0.25, 0.3) is 0 Å². The Kier molecular flexibility index (Phi) is 5.83. The van der Waals surface area contributed by atoms with Crippen molar-refractivity contribution in [2.75, 3.05) is 7.11 Å². The lowest BCUT2D eigenvalue weighted by Crippen LogP contribution is -2.15. The summed E-state index contributed by atoms with van der Waals surface area (Å²) >= 11 is 0. The minimum Gasteiger partial charge on any atom is -0.497 e. The Morgan fingerprint density at radius 2 is 1.83 bits per heavy atom. The van der Waals surface area contributed by atoms with Crippen molar-refractivity contribution in [2.24, 2.45) is 5.92 Å². The summed E-state index contributed by atoms with van der Waals surface area (Å²) in [7, 11) is 1.47. The molecule has 0 spiro atoms. The van der Waals surface area contributed by atoms with Gasteiger partial charge in [-0.05, 0) is 25.0 Å². The van der Waals surface area contributed by atoms with Gasteiger partial charge < -0.3 is 4.74 Å². The van der Waals surface area contributed by atoms with Crippen molar-refractivity contribution in [1.29, 1.82) is 0 Å². The second kappa shape index (κ2) is 7.14. The van der Waals surface area contributed by atoms with Gasteiger partial charge in [-0.1, -0.05) is 26.7 Å². The van der Waals surface area contributed by atoms with E-state index in [1.54, 1.807) is 6.07 Å². The van der Waals surface area contributed by atoms with Crippen LogP contribution in [0.4, 0.5) is 4.39 Å². The molecule has 0 N–H and O–H groups in total. The van der Waals surface area contributed by atoms with E-state index in [1.807, 2.05) is 0 Å². The van der Waals surface area contributed by atoms with Gasteiger partial charge in [0, 0.05) is 17.5 Å². The number of hydrogen-bond donors (Lipinski definition) is 0. The second-order valence-corrected chi connectivity index (χ2v) is 4.52. The summed E-state index contributed by atoms with van der Waals surface area (Å²) in [6, 6.07) is 4.19. The molecule has 0 aromatic heterocycles. The normalized spacial score (nSPS) is 10.7. The van der Waals surface area contributed by atoms with Gasteiger partial charge in [0.05, 0.1) is 7.11 Å². The fourth-order valence-corrected chi connectivity index (χ4v) is 2.16. The largest absolute Gasteiger partial charge is 0.497 e. The SMILES string of the molecule is CCCC(CCC)C(=O)c1cc(F)cc(OC)c1. The third-order valence-corrected chi connectivity index (χ3v) is 3.04. The highest BCUT2D eigenvalue weighted by Crippen LogP contribution is 2.23. The van der Waals surface area contributed by atoms with Crippen molar-refractivity contribution < 1.29 is 13.9 Å². The summed E-state index contributed by atoms with van der Waals surface area (Å²) in [4.78, 5) is 12.3. The highest BCUT2D eigenvalue weighted by atomic mass is 19.1. The summed E-state index contributed by atoms with van der Waals surface area (Å²) in [6.07, 6.45) is 3.63. The zero-order valence-electron chi connectivity index (χ0n) is 11.3. The van der Waals surface area contributed by atoms with E-state index in [0.29, 0.717) is 11.3 Å². The zero-order valence-corrected chi connectivity index (χ0v) is 11.3. The molecule has 0 aliphatic heterocycles. The zero-order chi connectivity index (χ0) is 13.5. The molecular weight excluding hydrogens is 231 g/mol. The van der Waals surface area contributed by atoms with E-state index in [1.165, 1.54) is 19.2 Å². The molecule has 0 radical (unpaired) electrons. The van der Waals surface area contributed by atoms with Crippen LogP contribution in [0.5, 0.6) is 5.75 Å². The maximum absolute atomic E-state index is 13.4. The molecule has 0 heterocycles. The summed E-state index contributed by atoms with van der Waals surface area (Å²) in [5.41, 5.74) is 0.416. The van der Waals surface area contributed by atoms with Gasteiger partial charge >= 0.3 is 0 Å². The number of hydrogen-bond acceptors (Lipinski definition) is 2. The molecule has 0 fully saturated rings. The van der Waals surface area contributed by atoms with Crippen LogP contribution in [0.1, 0.15) is 49.9 Å². The van der Waals surface area contributed by atoms with Crippen LogP contribution in [-0.4, -0.2) is 12.9 Å². The molecule has 0 unspecified atom stereocenters. The molecule has 1 rings (SSSR count). The number of carbonyl (C=O) groups is 1. The van der Waals surface area contributed by atoms with Crippen LogP contribution < -0.4 is 4.74 Å². The first-order chi connectivity index (χ1) is 8.62. The molecule has 0 aliphatic carbocycles. The number of methoxy groups -OCH3 is 1. The van der Waals surface area contributed by atoms with Crippen molar-refractivity contribution in [2.45, 2.75) is 39.5 Å². The van der Waals surface area contributed by atoms with Gasteiger partial charge in [0.15, 0.2) is 5.78 Å². The van der Waals surface area contributed by atoms with E-state index < -0.39 is 5.82 Å². The Morgan fingerprint density at radius 3 is 2.33 bits per heavy atom. The van der Waals surface area contributed by atoms with Gasteiger partial charge in [-0.25, -0.2) is 4.39 Å². The Balaban J connectivity index is 2.96. The molecule has 0 atom stereocenters. The maximum atomic E-state index is 13.4. The smallest absolute Gasteiger partial charge is 0.166 e. The monoisotopic (exact) mass is 252 g/mol. The molecule has 0 saturated heterocycles. The highest BCUT2D eigenvalue weighted by Gasteiger charge is 2.19. The average Bonchev–Trinajstić information content (AvgIpc) is 2.36. The summed E-state index contributed by atoms with van der Waals surface area (Å²) in [5, 5.41) is 0. The molecular formula is C15H21FO2. The topological polar surface area (TPSA) is 26.3 Å². The molecule has 18 heavy (non-hydrogen) atoms. The van der Waals surface area contributed by atoms with Crippen molar-refractivity contribution in [3.8, 4) is 5.75 Å². The number of benzene rings is 1. The number of Topliss-reactive ketones (excluding diaryl/α,β-unsaturated/α-hetero) is 1. The van der Waals surface area contributed by atoms with Crippen LogP contribution in [0.3, 0.4) is 0 Å². The van der Waals surface area contributed by atoms with Gasteiger partial charge in [0.1, 0.15) is 11.6 Å². The van der Waals surface area contributed by atoms with Gasteiger partial charge in [-0.15, -0.1) is 0 Å². The lowest BCUT2D eigenvalue weighted by molar-refractivity contribution is 0.0904. The summed E-state index contributed by atoms with van der Waals surface area (Å²) in [5.74, 6) is -0.0162. The Hall–Kier alpha value is -1.38. The fourth-order valence-electron chi connectivity index (χ4n) is 2.16. The Morgan fingerprint density at radius 1 is 1.22 bits per heavy atom. The Labute approximate surface area is 108 Å². The fraction of sp³-hybridized carbons (Fsp3) is 0.533. The third kappa shape index (κ3) is 3.83. The average molecular weight is 252 g/mol. The van der Waals surface area contributed by atoms with Crippen LogP contribution >= 0.6 is 0 Å². The highest BCUT2D eigenvalue weighted by molar-refractivity contribution is 5.98. The first-order valence-corrected chi connectivity index (χ1v) is 6.51. The number of halogens is 1. The van der Waals surface area contributed by atoms with E-state index in [4.69, 9.17) is 4.74 Å². The molecule has 1 aromatic carbocycles.